The van der Waals surface area contributed by atoms with Crippen molar-refractivity contribution in [1.29, 1.82) is 0 Å². The van der Waals surface area contributed by atoms with Crippen molar-refractivity contribution in [1.82, 2.24) is 0 Å². The minimum Gasteiger partial charge on any atom is -0.461 e. The van der Waals surface area contributed by atoms with Crippen LogP contribution in [0.5, 0.6) is 5.75 Å². The minimum atomic E-state index is -1.32. The van der Waals surface area contributed by atoms with Gasteiger partial charge in [0.2, 0.25) is 6.29 Å². The molecule has 3 rings (SSSR count). The van der Waals surface area contributed by atoms with Crippen LogP contribution < -0.4 is 4.74 Å². The second-order valence-corrected chi connectivity index (χ2v) is 5.48. The molecule has 4 atom stereocenters. The standard InChI is InChI=1S/C15H16O5S/c16-9-7-19-15(14(18)13(9)17)20-10-5-1-3-8-4-2-6-11(21)12(8)10/h1-6,9,13-18,21H,7H2/t9-,13+,14-,15+/m1/s1. The Morgan fingerprint density at radius 3 is 2.52 bits per heavy atom. The molecule has 0 radical (unpaired) electrons. The van der Waals surface area contributed by atoms with E-state index in [9.17, 15) is 15.3 Å². The van der Waals surface area contributed by atoms with E-state index in [1.54, 1.807) is 6.07 Å². The molecule has 0 aliphatic carbocycles. The largest absolute Gasteiger partial charge is 0.461 e. The van der Waals surface area contributed by atoms with Gasteiger partial charge in [-0.25, -0.2) is 0 Å². The van der Waals surface area contributed by atoms with Gasteiger partial charge in [-0.1, -0.05) is 24.3 Å². The normalized spacial score (nSPS) is 29.5. The van der Waals surface area contributed by atoms with E-state index in [1.165, 1.54) is 0 Å². The molecule has 3 N–H and O–H groups in total. The fraction of sp³-hybridized carbons (Fsp3) is 0.333. The zero-order chi connectivity index (χ0) is 15.0. The maximum atomic E-state index is 9.93. The van der Waals surface area contributed by atoms with Gasteiger partial charge in [-0.05, 0) is 17.5 Å². The van der Waals surface area contributed by atoms with Crippen molar-refractivity contribution in [2.24, 2.45) is 0 Å². The summed E-state index contributed by atoms with van der Waals surface area (Å²) < 4.78 is 10.9. The van der Waals surface area contributed by atoms with E-state index in [4.69, 9.17) is 9.47 Å². The third kappa shape index (κ3) is 2.73. The third-order valence-electron chi connectivity index (χ3n) is 3.54. The van der Waals surface area contributed by atoms with Gasteiger partial charge in [0.15, 0.2) is 0 Å². The average molecular weight is 308 g/mol. The monoisotopic (exact) mass is 308 g/mol. The molecule has 1 aliphatic rings. The second-order valence-electron chi connectivity index (χ2n) is 5.00. The quantitative estimate of drug-likeness (QED) is 0.621. The molecular weight excluding hydrogens is 292 g/mol. The Morgan fingerprint density at radius 1 is 1.05 bits per heavy atom. The molecule has 1 saturated heterocycles. The van der Waals surface area contributed by atoms with Gasteiger partial charge in [0.25, 0.3) is 0 Å². The number of ether oxygens (including phenoxy) is 2. The predicted octanol–water partition coefficient (Wildman–Crippen LogP) is 0.946. The van der Waals surface area contributed by atoms with Crippen molar-refractivity contribution in [3.8, 4) is 5.75 Å². The van der Waals surface area contributed by atoms with E-state index < -0.39 is 24.6 Å². The first kappa shape index (κ1) is 14.6. The Kier molecular flexibility index (Phi) is 4.05. The number of thiol groups is 1. The SMILES string of the molecule is O[C@@H]1[C@@H](O)[C@H](Oc2cccc3cccc(S)c23)OC[C@H]1O. The van der Waals surface area contributed by atoms with E-state index in [1.807, 2.05) is 30.3 Å². The number of aliphatic hydroxyl groups excluding tert-OH is 3. The van der Waals surface area contributed by atoms with Crippen molar-refractivity contribution in [3.05, 3.63) is 36.4 Å². The molecule has 0 saturated carbocycles. The highest BCUT2D eigenvalue weighted by atomic mass is 32.1. The van der Waals surface area contributed by atoms with Crippen molar-refractivity contribution < 1.29 is 24.8 Å². The summed E-state index contributed by atoms with van der Waals surface area (Å²) in [5.74, 6) is 0.505. The summed E-state index contributed by atoms with van der Waals surface area (Å²) in [7, 11) is 0. The summed E-state index contributed by atoms with van der Waals surface area (Å²) >= 11 is 4.42. The Hall–Kier alpha value is -1.31. The minimum absolute atomic E-state index is 0.0958. The average Bonchev–Trinajstić information content (AvgIpc) is 2.48. The van der Waals surface area contributed by atoms with Crippen molar-refractivity contribution in [3.63, 3.8) is 0 Å². The van der Waals surface area contributed by atoms with Gasteiger partial charge < -0.3 is 24.8 Å². The van der Waals surface area contributed by atoms with Crippen LogP contribution in [-0.4, -0.2) is 46.5 Å². The van der Waals surface area contributed by atoms with Crippen molar-refractivity contribution in [2.45, 2.75) is 29.5 Å². The number of aliphatic hydroxyl groups is 3. The van der Waals surface area contributed by atoms with Crippen LogP contribution in [0.1, 0.15) is 0 Å². The molecule has 0 amide bonds. The van der Waals surface area contributed by atoms with Gasteiger partial charge in [-0.2, -0.15) is 0 Å². The Morgan fingerprint density at radius 2 is 1.76 bits per heavy atom. The maximum absolute atomic E-state index is 9.93. The third-order valence-corrected chi connectivity index (χ3v) is 3.91. The first-order valence-electron chi connectivity index (χ1n) is 6.61. The fourth-order valence-corrected chi connectivity index (χ4v) is 2.72. The van der Waals surface area contributed by atoms with Gasteiger partial charge in [-0.15, -0.1) is 12.6 Å². The topological polar surface area (TPSA) is 79.2 Å². The highest BCUT2D eigenvalue weighted by molar-refractivity contribution is 7.80. The molecule has 0 spiro atoms. The summed E-state index contributed by atoms with van der Waals surface area (Å²) in [5.41, 5.74) is 0. The molecule has 2 aromatic carbocycles. The Bertz CT molecular complexity index is 642. The second kappa shape index (κ2) is 5.82. The summed E-state index contributed by atoms with van der Waals surface area (Å²) in [6.07, 6.45) is -4.78. The summed E-state index contributed by atoms with van der Waals surface area (Å²) in [4.78, 5) is 0.744. The van der Waals surface area contributed by atoms with Crippen LogP contribution in [0.25, 0.3) is 10.8 Å². The van der Waals surface area contributed by atoms with Gasteiger partial charge in [-0.3, -0.25) is 0 Å². The van der Waals surface area contributed by atoms with Gasteiger partial charge in [0.05, 0.1) is 6.61 Å². The van der Waals surface area contributed by atoms with Crippen LogP contribution in [0.4, 0.5) is 0 Å². The zero-order valence-electron chi connectivity index (χ0n) is 11.1. The van der Waals surface area contributed by atoms with Crippen LogP contribution in [0, 0.1) is 0 Å². The van der Waals surface area contributed by atoms with Crippen LogP contribution in [0.15, 0.2) is 41.3 Å². The van der Waals surface area contributed by atoms with E-state index in [2.05, 4.69) is 12.6 Å². The molecule has 1 fully saturated rings. The van der Waals surface area contributed by atoms with Gasteiger partial charge in [0.1, 0.15) is 24.1 Å². The summed E-state index contributed by atoms with van der Waals surface area (Å²) in [5, 5.41) is 30.8. The lowest BCUT2D eigenvalue weighted by Gasteiger charge is -2.35. The number of benzene rings is 2. The number of hydrogen-bond donors (Lipinski definition) is 4. The van der Waals surface area contributed by atoms with Crippen molar-refractivity contribution >= 4 is 23.4 Å². The van der Waals surface area contributed by atoms with Crippen molar-refractivity contribution in [2.75, 3.05) is 6.61 Å². The molecule has 0 bridgehead atoms. The van der Waals surface area contributed by atoms with Crippen LogP contribution >= 0.6 is 12.6 Å². The molecule has 112 valence electrons. The molecule has 6 heteroatoms. The molecule has 0 unspecified atom stereocenters. The Labute approximate surface area is 127 Å². The summed E-state index contributed by atoms with van der Waals surface area (Å²) in [6.45, 7) is -0.0958. The van der Waals surface area contributed by atoms with E-state index >= 15 is 0 Å². The van der Waals surface area contributed by atoms with Gasteiger partial charge in [0, 0.05) is 10.3 Å². The molecule has 1 aliphatic heterocycles. The van der Waals surface area contributed by atoms with Gasteiger partial charge >= 0.3 is 0 Å². The number of hydrogen-bond acceptors (Lipinski definition) is 6. The lowest BCUT2D eigenvalue weighted by atomic mass is 10.1. The zero-order valence-corrected chi connectivity index (χ0v) is 12.0. The fourth-order valence-electron chi connectivity index (χ4n) is 2.39. The number of rotatable bonds is 2. The molecular formula is C15H16O5S. The molecule has 21 heavy (non-hydrogen) atoms. The molecule has 1 heterocycles. The van der Waals surface area contributed by atoms with Crippen LogP contribution in [-0.2, 0) is 4.74 Å². The lowest BCUT2D eigenvalue weighted by Crippen LogP contribution is -2.54. The molecule has 2 aromatic rings. The molecule has 0 aromatic heterocycles. The first-order valence-corrected chi connectivity index (χ1v) is 7.06. The Balaban J connectivity index is 1.92. The first-order chi connectivity index (χ1) is 10.1. The highest BCUT2D eigenvalue weighted by Gasteiger charge is 2.39. The van der Waals surface area contributed by atoms with E-state index in [0.717, 1.165) is 15.7 Å². The van der Waals surface area contributed by atoms with E-state index in [0.29, 0.717) is 5.75 Å². The highest BCUT2D eigenvalue weighted by Crippen LogP contribution is 2.32. The van der Waals surface area contributed by atoms with Crippen LogP contribution in [0.2, 0.25) is 0 Å². The van der Waals surface area contributed by atoms with Crippen LogP contribution in [0.3, 0.4) is 0 Å². The lowest BCUT2D eigenvalue weighted by molar-refractivity contribution is -0.241. The smallest absolute Gasteiger partial charge is 0.228 e. The maximum Gasteiger partial charge on any atom is 0.228 e. The van der Waals surface area contributed by atoms with E-state index in [-0.39, 0.29) is 6.61 Å². The summed E-state index contributed by atoms with van der Waals surface area (Å²) in [6, 6.07) is 11.2. The predicted molar refractivity (Wildman–Crippen MR) is 79.6 cm³/mol. The number of fused-ring (bicyclic) bond motifs is 1. The molecule has 5 nitrogen and oxygen atoms in total.